The zero-order valence-electron chi connectivity index (χ0n) is 19.1. The third kappa shape index (κ3) is 5.25. The summed E-state index contributed by atoms with van der Waals surface area (Å²) < 4.78 is 3.13. The van der Waals surface area contributed by atoms with E-state index in [0.717, 1.165) is 12.0 Å². The van der Waals surface area contributed by atoms with E-state index in [2.05, 4.69) is 20.8 Å². The van der Waals surface area contributed by atoms with E-state index in [-0.39, 0.29) is 23.8 Å². The van der Waals surface area contributed by atoms with E-state index in [1.54, 1.807) is 47.6 Å². The van der Waals surface area contributed by atoms with Crippen molar-refractivity contribution in [2.24, 2.45) is 0 Å². The molecule has 2 aromatic heterocycles. The number of nitro groups is 1. The van der Waals surface area contributed by atoms with Gasteiger partial charge >= 0.3 is 5.69 Å². The van der Waals surface area contributed by atoms with Crippen LogP contribution in [0.4, 0.5) is 11.4 Å². The molecule has 174 valence electrons. The molecule has 0 fully saturated rings. The Morgan fingerprint density at radius 3 is 2.55 bits per heavy atom. The Balaban J connectivity index is 1.81. The fraction of sp³-hybridized carbons (Fsp3) is 0.364. The van der Waals surface area contributed by atoms with Crippen LogP contribution >= 0.6 is 0 Å². The van der Waals surface area contributed by atoms with Gasteiger partial charge in [0.1, 0.15) is 11.4 Å². The highest BCUT2D eigenvalue weighted by Gasteiger charge is 2.22. The Morgan fingerprint density at radius 1 is 1.15 bits per heavy atom. The standard InChI is InChI=1S/C22H27N7O4/c1-5-10-23-22(31)19-18(13-27(6-2)26-19)24-21(30)17-9-7-8-16(11-17)12-28-15(4)20(29(32)33)14(3)25-28/h7-9,11,13H,5-6,10,12H2,1-4H3,(H,23,31)(H,24,30). The van der Waals surface area contributed by atoms with E-state index in [0.29, 0.717) is 35.7 Å². The number of nitrogens with one attached hydrogen (secondary N) is 2. The van der Waals surface area contributed by atoms with Gasteiger partial charge in [-0.05, 0) is 44.9 Å². The topological polar surface area (TPSA) is 137 Å². The van der Waals surface area contributed by atoms with Gasteiger partial charge in [-0.15, -0.1) is 0 Å². The fourth-order valence-electron chi connectivity index (χ4n) is 3.45. The van der Waals surface area contributed by atoms with Gasteiger partial charge in [0.15, 0.2) is 5.69 Å². The molecule has 0 aliphatic rings. The van der Waals surface area contributed by atoms with Gasteiger partial charge in [-0.2, -0.15) is 10.2 Å². The predicted octanol–water partition coefficient (Wildman–Crippen LogP) is 3.06. The normalized spacial score (nSPS) is 10.8. The number of rotatable bonds is 9. The zero-order chi connectivity index (χ0) is 24.1. The lowest BCUT2D eigenvalue weighted by Gasteiger charge is -2.08. The van der Waals surface area contributed by atoms with Crippen molar-refractivity contribution in [3.05, 3.63) is 68.8 Å². The molecule has 0 bridgehead atoms. The van der Waals surface area contributed by atoms with Gasteiger partial charge in [-0.25, -0.2) is 0 Å². The van der Waals surface area contributed by atoms with Crippen LogP contribution in [0, 0.1) is 24.0 Å². The quantitative estimate of drug-likeness (QED) is 0.377. The molecule has 0 aliphatic heterocycles. The summed E-state index contributed by atoms with van der Waals surface area (Å²) in [5.74, 6) is -0.740. The predicted molar refractivity (Wildman–Crippen MR) is 122 cm³/mol. The monoisotopic (exact) mass is 453 g/mol. The van der Waals surface area contributed by atoms with E-state index in [1.807, 2.05) is 19.9 Å². The first-order chi connectivity index (χ1) is 15.7. The Morgan fingerprint density at radius 2 is 1.91 bits per heavy atom. The summed E-state index contributed by atoms with van der Waals surface area (Å²) in [5.41, 5.74) is 2.40. The average Bonchev–Trinajstić information content (AvgIpc) is 3.32. The molecular weight excluding hydrogens is 426 g/mol. The molecule has 3 aromatic rings. The van der Waals surface area contributed by atoms with Crippen molar-refractivity contribution < 1.29 is 14.5 Å². The van der Waals surface area contributed by atoms with Crippen molar-refractivity contribution in [3.8, 4) is 0 Å². The zero-order valence-corrected chi connectivity index (χ0v) is 19.1. The van der Waals surface area contributed by atoms with Crippen LogP contribution in [0.15, 0.2) is 30.5 Å². The molecule has 1 aromatic carbocycles. The first-order valence-corrected chi connectivity index (χ1v) is 10.7. The second-order valence-electron chi connectivity index (χ2n) is 7.59. The highest BCUT2D eigenvalue weighted by molar-refractivity contribution is 6.08. The van der Waals surface area contributed by atoms with E-state index >= 15 is 0 Å². The Hall–Kier alpha value is -4.02. The van der Waals surface area contributed by atoms with Crippen LogP contribution in [-0.4, -0.2) is 42.8 Å². The summed E-state index contributed by atoms with van der Waals surface area (Å²) in [7, 11) is 0. The first kappa shape index (κ1) is 23.6. The molecule has 11 nitrogen and oxygen atoms in total. The molecule has 0 atom stereocenters. The second-order valence-corrected chi connectivity index (χ2v) is 7.59. The van der Waals surface area contributed by atoms with Crippen molar-refractivity contribution in [2.75, 3.05) is 11.9 Å². The number of aryl methyl sites for hydroxylation is 2. The molecule has 0 saturated carbocycles. The molecule has 0 spiro atoms. The number of hydrogen-bond acceptors (Lipinski definition) is 6. The van der Waals surface area contributed by atoms with Crippen LogP contribution in [0.1, 0.15) is 58.1 Å². The van der Waals surface area contributed by atoms with Crippen LogP contribution in [-0.2, 0) is 13.1 Å². The number of anilines is 1. The minimum absolute atomic E-state index is 0.00860. The number of amides is 2. The number of benzene rings is 1. The third-order valence-corrected chi connectivity index (χ3v) is 5.13. The molecule has 3 rings (SSSR count). The van der Waals surface area contributed by atoms with Crippen LogP contribution in [0.5, 0.6) is 0 Å². The number of hydrogen-bond donors (Lipinski definition) is 2. The summed E-state index contributed by atoms with van der Waals surface area (Å²) >= 11 is 0. The van der Waals surface area contributed by atoms with E-state index in [4.69, 9.17) is 0 Å². The first-order valence-electron chi connectivity index (χ1n) is 10.7. The molecule has 11 heteroatoms. The van der Waals surface area contributed by atoms with Gasteiger partial charge in [-0.3, -0.25) is 29.1 Å². The maximum atomic E-state index is 12.9. The highest BCUT2D eigenvalue weighted by Crippen LogP contribution is 2.23. The number of carbonyl (C=O) groups excluding carboxylic acids is 2. The highest BCUT2D eigenvalue weighted by atomic mass is 16.6. The Bertz CT molecular complexity index is 1200. The SMILES string of the molecule is CCCNC(=O)c1nn(CC)cc1NC(=O)c1cccc(Cn2nc(C)c([N+](=O)[O-])c2C)c1. The van der Waals surface area contributed by atoms with Gasteiger partial charge in [-0.1, -0.05) is 19.1 Å². The van der Waals surface area contributed by atoms with Crippen molar-refractivity contribution in [1.29, 1.82) is 0 Å². The maximum absolute atomic E-state index is 12.9. The average molecular weight is 454 g/mol. The molecule has 0 unspecified atom stereocenters. The lowest BCUT2D eigenvalue weighted by molar-refractivity contribution is -0.386. The molecule has 0 aliphatic carbocycles. The summed E-state index contributed by atoms with van der Waals surface area (Å²) in [4.78, 5) is 36.2. The van der Waals surface area contributed by atoms with Crippen molar-refractivity contribution in [1.82, 2.24) is 24.9 Å². The van der Waals surface area contributed by atoms with E-state index < -0.39 is 10.8 Å². The fourth-order valence-corrected chi connectivity index (χ4v) is 3.45. The number of carbonyl (C=O) groups is 2. The van der Waals surface area contributed by atoms with Crippen molar-refractivity contribution >= 4 is 23.2 Å². The minimum Gasteiger partial charge on any atom is -0.351 e. The number of nitrogens with zero attached hydrogens (tertiary/aromatic N) is 5. The van der Waals surface area contributed by atoms with Crippen LogP contribution in [0.25, 0.3) is 0 Å². The number of aromatic nitrogens is 4. The summed E-state index contributed by atoms with van der Waals surface area (Å²) in [6.45, 7) is 8.41. The van der Waals surface area contributed by atoms with Crippen LogP contribution in [0.3, 0.4) is 0 Å². The summed E-state index contributed by atoms with van der Waals surface area (Å²) in [5, 5.41) is 25.3. The summed E-state index contributed by atoms with van der Waals surface area (Å²) in [6.07, 6.45) is 2.41. The molecule has 0 radical (unpaired) electrons. The van der Waals surface area contributed by atoms with Crippen LogP contribution in [0.2, 0.25) is 0 Å². The Labute approximate surface area is 190 Å². The lowest BCUT2D eigenvalue weighted by Crippen LogP contribution is -2.26. The van der Waals surface area contributed by atoms with Gasteiger partial charge < -0.3 is 10.6 Å². The largest absolute Gasteiger partial charge is 0.351 e. The second kappa shape index (κ2) is 10.1. The smallest absolute Gasteiger partial charge is 0.312 e. The molecule has 2 heterocycles. The van der Waals surface area contributed by atoms with Crippen LogP contribution < -0.4 is 10.6 Å². The lowest BCUT2D eigenvalue weighted by atomic mass is 10.1. The van der Waals surface area contributed by atoms with Gasteiger partial charge in [0, 0.05) is 24.8 Å². The Kier molecular flexibility index (Phi) is 7.21. The van der Waals surface area contributed by atoms with Gasteiger partial charge in [0.25, 0.3) is 11.8 Å². The maximum Gasteiger partial charge on any atom is 0.312 e. The third-order valence-electron chi connectivity index (χ3n) is 5.13. The van der Waals surface area contributed by atoms with Gasteiger partial charge in [0.05, 0.1) is 17.2 Å². The van der Waals surface area contributed by atoms with Gasteiger partial charge in [0.2, 0.25) is 0 Å². The van der Waals surface area contributed by atoms with Crippen molar-refractivity contribution in [3.63, 3.8) is 0 Å². The van der Waals surface area contributed by atoms with E-state index in [1.165, 1.54) is 0 Å². The molecule has 2 amide bonds. The molecular formula is C22H27N7O4. The van der Waals surface area contributed by atoms with Crippen molar-refractivity contribution in [2.45, 2.75) is 47.2 Å². The molecule has 0 saturated heterocycles. The minimum atomic E-state index is -0.442. The molecule has 2 N–H and O–H groups in total. The van der Waals surface area contributed by atoms with E-state index in [9.17, 15) is 19.7 Å². The summed E-state index contributed by atoms with van der Waals surface area (Å²) in [6, 6.07) is 6.90. The molecule has 33 heavy (non-hydrogen) atoms.